The summed E-state index contributed by atoms with van der Waals surface area (Å²) in [5, 5.41) is 0. The van der Waals surface area contributed by atoms with Crippen molar-refractivity contribution in [1.82, 2.24) is 4.98 Å². The Labute approximate surface area is 66.4 Å². The van der Waals surface area contributed by atoms with Crippen LogP contribution in [0.2, 0.25) is 0 Å². The second kappa shape index (κ2) is 3.14. The van der Waals surface area contributed by atoms with E-state index in [1.165, 1.54) is 0 Å². The van der Waals surface area contributed by atoms with Gasteiger partial charge in [0.05, 0.1) is 5.69 Å². The van der Waals surface area contributed by atoms with Gasteiger partial charge in [-0.15, -0.1) is 0 Å². The molecule has 1 heterocycles. The predicted molar refractivity (Wildman–Crippen MR) is 47.8 cm³/mol. The zero-order valence-electron chi connectivity index (χ0n) is 6.78. The number of hydrogen-bond acceptors (Lipinski definition) is 3. The van der Waals surface area contributed by atoms with Crippen molar-refractivity contribution in [3.8, 4) is 0 Å². The molecule has 3 nitrogen and oxygen atoms in total. The van der Waals surface area contributed by atoms with Crippen molar-refractivity contribution in [2.24, 2.45) is 4.99 Å². The summed E-state index contributed by atoms with van der Waals surface area (Å²) in [5.41, 5.74) is 0.988. The quantitative estimate of drug-likeness (QED) is 0.596. The fourth-order valence-corrected chi connectivity index (χ4v) is 0.859. The average molecular weight is 149 g/mol. The van der Waals surface area contributed by atoms with E-state index in [4.69, 9.17) is 0 Å². The summed E-state index contributed by atoms with van der Waals surface area (Å²) in [6.07, 6.45) is 1.71. The number of aromatic nitrogens is 1. The molecular weight excluding hydrogens is 138 g/mol. The van der Waals surface area contributed by atoms with Crippen LogP contribution in [-0.2, 0) is 0 Å². The molecule has 0 aliphatic carbocycles. The number of pyridine rings is 1. The third-order valence-electron chi connectivity index (χ3n) is 1.40. The van der Waals surface area contributed by atoms with Crippen molar-refractivity contribution in [1.29, 1.82) is 0 Å². The van der Waals surface area contributed by atoms with Gasteiger partial charge in [-0.05, 0) is 18.9 Å². The van der Waals surface area contributed by atoms with Gasteiger partial charge < -0.3 is 4.90 Å². The highest BCUT2D eigenvalue weighted by Crippen LogP contribution is 2.22. The Morgan fingerprint density at radius 3 is 2.73 bits per heavy atom. The minimum Gasteiger partial charge on any atom is -0.375 e. The lowest BCUT2D eigenvalue weighted by Gasteiger charge is -2.12. The van der Waals surface area contributed by atoms with E-state index in [9.17, 15) is 0 Å². The summed E-state index contributed by atoms with van der Waals surface area (Å²) in [4.78, 5) is 9.79. The molecule has 11 heavy (non-hydrogen) atoms. The monoisotopic (exact) mass is 149 g/mol. The molecule has 0 aliphatic heterocycles. The number of nitrogens with zero attached hydrogens (tertiary/aromatic N) is 3. The summed E-state index contributed by atoms with van der Waals surface area (Å²) >= 11 is 0. The minimum atomic E-state index is 0.678. The number of rotatable bonds is 2. The zero-order chi connectivity index (χ0) is 8.27. The van der Waals surface area contributed by atoms with Crippen LogP contribution >= 0.6 is 0 Å². The van der Waals surface area contributed by atoms with Crippen LogP contribution in [0, 0.1) is 0 Å². The van der Waals surface area contributed by atoms with Gasteiger partial charge in [-0.2, -0.15) is 0 Å². The maximum atomic E-state index is 4.05. The van der Waals surface area contributed by atoms with Crippen molar-refractivity contribution in [2.45, 2.75) is 0 Å². The van der Waals surface area contributed by atoms with E-state index in [-0.39, 0.29) is 0 Å². The van der Waals surface area contributed by atoms with E-state index in [1.54, 1.807) is 6.20 Å². The van der Waals surface area contributed by atoms with Crippen molar-refractivity contribution < 1.29 is 0 Å². The van der Waals surface area contributed by atoms with Crippen molar-refractivity contribution in [2.75, 3.05) is 19.0 Å². The minimum absolute atomic E-state index is 0.678. The van der Waals surface area contributed by atoms with Gasteiger partial charge >= 0.3 is 0 Å². The summed E-state index contributed by atoms with van der Waals surface area (Å²) < 4.78 is 0. The number of hydrogen-bond donors (Lipinski definition) is 0. The van der Waals surface area contributed by atoms with Gasteiger partial charge in [0.2, 0.25) is 0 Å². The molecule has 0 saturated carbocycles. The smallest absolute Gasteiger partial charge is 0.175 e. The molecule has 0 aliphatic rings. The highest BCUT2D eigenvalue weighted by Gasteiger charge is 2.00. The summed E-state index contributed by atoms with van der Waals surface area (Å²) in [5.74, 6) is 0.678. The first-order chi connectivity index (χ1) is 5.25. The topological polar surface area (TPSA) is 28.5 Å². The molecule has 3 heteroatoms. The zero-order valence-corrected chi connectivity index (χ0v) is 6.78. The van der Waals surface area contributed by atoms with Gasteiger partial charge in [0, 0.05) is 20.3 Å². The fraction of sp³-hybridized carbons (Fsp3) is 0.250. The van der Waals surface area contributed by atoms with E-state index in [1.807, 2.05) is 31.1 Å². The van der Waals surface area contributed by atoms with Crippen LogP contribution in [0.3, 0.4) is 0 Å². The van der Waals surface area contributed by atoms with Gasteiger partial charge in [0.25, 0.3) is 0 Å². The molecule has 0 aromatic carbocycles. The molecule has 0 bridgehead atoms. The lowest BCUT2D eigenvalue weighted by molar-refractivity contribution is 1.10. The van der Waals surface area contributed by atoms with Crippen LogP contribution in [0.5, 0.6) is 0 Å². The molecule has 0 radical (unpaired) electrons. The molecule has 0 amide bonds. The van der Waals surface area contributed by atoms with E-state index in [0.717, 1.165) is 5.69 Å². The third-order valence-corrected chi connectivity index (χ3v) is 1.40. The molecule has 0 atom stereocenters. The average Bonchev–Trinajstić information content (AvgIpc) is 2.04. The molecule has 1 aromatic heterocycles. The van der Waals surface area contributed by atoms with Crippen LogP contribution in [-0.4, -0.2) is 25.8 Å². The normalized spacial score (nSPS) is 9.27. The first kappa shape index (κ1) is 7.72. The molecule has 58 valence electrons. The van der Waals surface area contributed by atoms with Gasteiger partial charge in [-0.1, -0.05) is 0 Å². The fourth-order valence-electron chi connectivity index (χ4n) is 0.859. The van der Waals surface area contributed by atoms with Crippen LogP contribution in [0.4, 0.5) is 11.5 Å². The number of aliphatic imine (C=N–C) groups is 1. The number of anilines is 1. The van der Waals surface area contributed by atoms with E-state index < -0.39 is 0 Å². The van der Waals surface area contributed by atoms with Crippen LogP contribution in [0.1, 0.15) is 0 Å². The summed E-state index contributed by atoms with van der Waals surface area (Å²) in [7, 11) is 3.90. The molecule has 0 fully saturated rings. The lowest BCUT2D eigenvalue weighted by atomic mass is 10.4. The SMILES string of the molecule is C=Nc1ncccc1N(C)C. The molecule has 0 unspecified atom stereocenters. The maximum absolute atomic E-state index is 4.05. The Kier molecular flexibility index (Phi) is 2.21. The van der Waals surface area contributed by atoms with Crippen molar-refractivity contribution in [3.63, 3.8) is 0 Å². The Morgan fingerprint density at radius 2 is 2.27 bits per heavy atom. The summed E-state index contributed by atoms with van der Waals surface area (Å²) in [6, 6.07) is 3.83. The maximum Gasteiger partial charge on any atom is 0.175 e. The van der Waals surface area contributed by atoms with E-state index >= 15 is 0 Å². The Hall–Kier alpha value is -1.38. The Bertz CT molecular complexity index is 255. The van der Waals surface area contributed by atoms with Crippen LogP contribution in [0.15, 0.2) is 23.3 Å². The Balaban J connectivity index is 3.12. The predicted octanol–water partition coefficient (Wildman–Crippen LogP) is 1.48. The van der Waals surface area contributed by atoms with Crippen LogP contribution < -0.4 is 4.90 Å². The first-order valence-electron chi connectivity index (χ1n) is 3.35. The molecule has 1 rings (SSSR count). The highest BCUT2D eigenvalue weighted by atomic mass is 15.1. The second-order valence-corrected chi connectivity index (χ2v) is 2.40. The second-order valence-electron chi connectivity index (χ2n) is 2.40. The van der Waals surface area contributed by atoms with E-state index in [2.05, 4.69) is 16.7 Å². The standard InChI is InChI=1S/C8H11N3/c1-9-8-7(11(2)3)5-4-6-10-8/h4-6H,1H2,2-3H3. The Morgan fingerprint density at radius 1 is 1.55 bits per heavy atom. The highest BCUT2D eigenvalue weighted by molar-refractivity contribution is 5.63. The lowest BCUT2D eigenvalue weighted by Crippen LogP contribution is -2.08. The molecule has 1 aromatic rings. The van der Waals surface area contributed by atoms with Gasteiger partial charge in [-0.3, -0.25) is 0 Å². The van der Waals surface area contributed by atoms with Crippen molar-refractivity contribution in [3.05, 3.63) is 18.3 Å². The molecule has 0 spiro atoms. The largest absolute Gasteiger partial charge is 0.375 e. The van der Waals surface area contributed by atoms with E-state index in [0.29, 0.717) is 5.82 Å². The van der Waals surface area contributed by atoms with Crippen molar-refractivity contribution >= 4 is 18.2 Å². The van der Waals surface area contributed by atoms with Gasteiger partial charge in [-0.25, -0.2) is 9.98 Å². The molecule has 0 N–H and O–H groups in total. The van der Waals surface area contributed by atoms with Gasteiger partial charge in [0.1, 0.15) is 0 Å². The van der Waals surface area contributed by atoms with Gasteiger partial charge in [0.15, 0.2) is 5.82 Å². The molecule has 0 saturated heterocycles. The third kappa shape index (κ3) is 1.55. The molecular formula is C8H11N3. The summed E-state index contributed by atoms with van der Waals surface area (Å²) in [6.45, 7) is 3.43. The van der Waals surface area contributed by atoms with Crippen LogP contribution in [0.25, 0.3) is 0 Å². The first-order valence-corrected chi connectivity index (χ1v) is 3.35.